The zero-order valence-electron chi connectivity index (χ0n) is 11.7. The number of rotatable bonds is 4. The Balaban J connectivity index is 1.93. The Labute approximate surface area is 125 Å². The fourth-order valence-electron chi connectivity index (χ4n) is 1.74. The van der Waals surface area contributed by atoms with Crippen LogP contribution >= 0.6 is 0 Å². The second-order valence-corrected chi connectivity index (χ2v) is 4.67. The van der Waals surface area contributed by atoms with Crippen LogP contribution in [0.5, 0.6) is 5.75 Å². The quantitative estimate of drug-likeness (QED) is 0.882. The molecule has 0 bridgehead atoms. The molecule has 0 unspecified atom stereocenters. The first-order valence-electron chi connectivity index (χ1n) is 6.43. The number of hydrogen-bond donors (Lipinski definition) is 1. The molecule has 4 nitrogen and oxygen atoms in total. The lowest BCUT2D eigenvalue weighted by atomic mass is 10.3. The highest BCUT2D eigenvalue weighted by molar-refractivity contribution is 5.89. The van der Waals surface area contributed by atoms with Crippen molar-refractivity contribution in [3.05, 3.63) is 54.4 Å². The van der Waals surface area contributed by atoms with Gasteiger partial charge in [0.25, 0.3) is 5.91 Å². The van der Waals surface area contributed by atoms with E-state index in [9.17, 15) is 18.0 Å². The molecule has 0 atom stereocenters. The summed E-state index contributed by atoms with van der Waals surface area (Å²) in [6, 6.07) is 8.72. The van der Waals surface area contributed by atoms with E-state index in [-0.39, 0.29) is 18.2 Å². The lowest BCUT2D eigenvalue weighted by Crippen LogP contribution is -2.39. The van der Waals surface area contributed by atoms with Crippen LogP contribution in [0.15, 0.2) is 48.8 Å². The van der Waals surface area contributed by atoms with E-state index in [2.05, 4.69) is 10.1 Å². The van der Waals surface area contributed by atoms with Crippen molar-refractivity contribution in [3.8, 4) is 5.75 Å². The molecule has 2 aromatic rings. The number of halogens is 3. The SMILES string of the molecule is Cc1cc[n+](CC(=O)Nc2ccc(OC(F)(F)F)cc2)cc1. The minimum absolute atomic E-state index is 0.112. The predicted molar refractivity (Wildman–Crippen MR) is 73.1 cm³/mol. The van der Waals surface area contributed by atoms with Crippen LogP contribution in [0, 0.1) is 6.92 Å². The van der Waals surface area contributed by atoms with Gasteiger partial charge in [0.05, 0.1) is 0 Å². The first-order chi connectivity index (χ1) is 10.3. The van der Waals surface area contributed by atoms with Crippen LogP contribution in [0.1, 0.15) is 5.56 Å². The molecule has 1 N–H and O–H groups in total. The van der Waals surface area contributed by atoms with E-state index in [1.165, 1.54) is 12.1 Å². The molecule has 1 aromatic carbocycles. The summed E-state index contributed by atoms with van der Waals surface area (Å²) in [5.41, 5.74) is 1.48. The van der Waals surface area contributed by atoms with Crippen LogP contribution in [0.4, 0.5) is 18.9 Å². The summed E-state index contributed by atoms with van der Waals surface area (Å²) < 4.78 is 41.5. The number of alkyl halides is 3. The molecule has 1 aromatic heterocycles. The number of hydrogen-bond acceptors (Lipinski definition) is 2. The molecule has 0 saturated heterocycles. The number of nitrogens with one attached hydrogen (secondary N) is 1. The van der Waals surface area contributed by atoms with Crippen LogP contribution in [0.25, 0.3) is 0 Å². The maximum atomic E-state index is 12.0. The lowest BCUT2D eigenvalue weighted by Gasteiger charge is -2.09. The van der Waals surface area contributed by atoms with Gasteiger partial charge in [0, 0.05) is 17.8 Å². The molecule has 0 saturated carbocycles. The Morgan fingerprint density at radius 2 is 1.73 bits per heavy atom. The molecular formula is C15H14F3N2O2+. The predicted octanol–water partition coefficient (Wildman–Crippen LogP) is 2.82. The third-order valence-electron chi connectivity index (χ3n) is 2.76. The summed E-state index contributed by atoms with van der Waals surface area (Å²) in [6.07, 6.45) is -1.18. The van der Waals surface area contributed by atoms with Crippen molar-refractivity contribution in [3.63, 3.8) is 0 Å². The zero-order chi connectivity index (χ0) is 16.2. The van der Waals surface area contributed by atoms with Gasteiger partial charge in [0.15, 0.2) is 12.4 Å². The van der Waals surface area contributed by atoms with E-state index < -0.39 is 6.36 Å². The van der Waals surface area contributed by atoms with E-state index >= 15 is 0 Å². The standard InChI is InChI=1S/C15H13F3N2O2/c1-11-6-8-20(9-7-11)10-14(21)19-12-2-4-13(5-3-12)22-15(16,17)18/h2-9H,10H2,1H3/p+1. The highest BCUT2D eigenvalue weighted by Crippen LogP contribution is 2.23. The van der Waals surface area contributed by atoms with Crippen molar-refractivity contribution in [2.75, 3.05) is 5.32 Å². The molecule has 1 heterocycles. The molecule has 0 aliphatic heterocycles. The van der Waals surface area contributed by atoms with Crippen LogP contribution in [-0.2, 0) is 11.3 Å². The van der Waals surface area contributed by atoms with Gasteiger partial charge in [-0.05, 0) is 36.8 Å². The molecule has 0 aliphatic rings. The molecule has 0 fully saturated rings. The fourth-order valence-corrected chi connectivity index (χ4v) is 1.74. The number of ether oxygens (including phenoxy) is 1. The average molecular weight is 311 g/mol. The third kappa shape index (κ3) is 5.08. The third-order valence-corrected chi connectivity index (χ3v) is 2.76. The van der Waals surface area contributed by atoms with Gasteiger partial charge in [0.1, 0.15) is 5.75 Å². The second kappa shape index (κ2) is 6.46. The number of anilines is 1. The normalized spacial score (nSPS) is 11.1. The Morgan fingerprint density at radius 3 is 2.27 bits per heavy atom. The first kappa shape index (κ1) is 15.8. The number of carbonyl (C=O) groups excluding carboxylic acids is 1. The minimum atomic E-state index is -4.73. The Kier molecular flexibility index (Phi) is 4.65. The van der Waals surface area contributed by atoms with E-state index in [1.54, 1.807) is 17.0 Å². The van der Waals surface area contributed by atoms with Gasteiger partial charge in [-0.2, -0.15) is 4.57 Å². The number of benzene rings is 1. The van der Waals surface area contributed by atoms with Gasteiger partial charge in [-0.1, -0.05) is 0 Å². The van der Waals surface area contributed by atoms with Gasteiger partial charge in [0.2, 0.25) is 6.54 Å². The van der Waals surface area contributed by atoms with E-state index in [0.29, 0.717) is 5.69 Å². The smallest absolute Gasteiger partial charge is 0.406 e. The molecule has 22 heavy (non-hydrogen) atoms. The summed E-state index contributed by atoms with van der Waals surface area (Å²) >= 11 is 0. The number of aromatic nitrogens is 1. The monoisotopic (exact) mass is 311 g/mol. The van der Waals surface area contributed by atoms with Crippen LogP contribution < -0.4 is 14.6 Å². The van der Waals surface area contributed by atoms with Crippen molar-refractivity contribution >= 4 is 11.6 Å². The van der Waals surface area contributed by atoms with Crippen molar-refractivity contribution in [2.45, 2.75) is 19.8 Å². The Morgan fingerprint density at radius 1 is 1.14 bits per heavy atom. The van der Waals surface area contributed by atoms with Crippen LogP contribution in [-0.4, -0.2) is 12.3 Å². The Bertz CT molecular complexity index is 637. The highest BCUT2D eigenvalue weighted by atomic mass is 19.4. The summed E-state index contributed by atoms with van der Waals surface area (Å²) in [7, 11) is 0. The second-order valence-electron chi connectivity index (χ2n) is 4.67. The molecule has 1 amide bonds. The summed E-state index contributed by atoms with van der Waals surface area (Å²) in [6.45, 7) is 2.05. The number of nitrogens with zero attached hydrogens (tertiary/aromatic N) is 1. The largest absolute Gasteiger partial charge is 0.573 e. The molecule has 116 valence electrons. The van der Waals surface area contributed by atoms with E-state index in [1.807, 2.05) is 19.1 Å². The van der Waals surface area contributed by atoms with Gasteiger partial charge in [-0.15, -0.1) is 13.2 Å². The molecule has 7 heteroatoms. The first-order valence-corrected chi connectivity index (χ1v) is 6.43. The molecule has 0 spiro atoms. The van der Waals surface area contributed by atoms with Gasteiger partial charge in [-0.3, -0.25) is 4.79 Å². The topological polar surface area (TPSA) is 42.2 Å². The molecule has 2 rings (SSSR count). The maximum Gasteiger partial charge on any atom is 0.573 e. The summed E-state index contributed by atoms with van der Waals surface area (Å²) in [5, 5.41) is 2.60. The number of amides is 1. The van der Waals surface area contributed by atoms with E-state index in [0.717, 1.165) is 17.7 Å². The number of aryl methyl sites for hydroxylation is 1. The van der Waals surface area contributed by atoms with Gasteiger partial charge < -0.3 is 10.1 Å². The number of pyridine rings is 1. The van der Waals surface area contributed by atoms with Crippen molar-refractivity contribution in [1.29, 1.82) is 0 Å². The highest BCUT2D eigenvalue weighted by Gasteiger charge is 2.30. The molecular weight excluding hydrogens is 297 g/mol. The fraction of sp³-hybridized carbons (Fsp3) is 0.200. The van der Waals surface area contributed by atoms with Gasteiger partial charge in [-0.25, -0.2) is 0 Å². The summed E-state index contributed by atoms with van der Waals surface area (Å²) in [5.74, 6) is -0.614. The number of carbonyl (C=O) groups is 1. The van der Waals surface area contributed by atoms with Crippen molar-refractivity contribution < 1.29 is 27.3 Å². The average Bonchev–Trinajstić information content (AvgIpc) is 2.42. The lowest BCUT2D eigenvalue weighted by molar-refractivity contribution is -0.684. The molecule has 0 aliphatic carbocycles. The summed E-state index contributed by atoms with van der Waals surface area (Å²) in [4.78, 5) is 11.8. The van der Waals surface area contributed by atoms with E-state index in [4.69, 9.17) is 0 Å². The van der Waals surface area contributed by atoms with Crippen LogP contribution in [0.3, 0.4) is 0 Å². The van der Waals surface area contributed by atoms with Crippen LogP contribution in [0.2, 0.25) is 0 Å². The van der Waals surface area contributed by atoms with Crippen molar-refractivity contribution in [1.82, 2.24) is 0 Å². The minimum Gasteiger partial charge on any atom is -0.406 e. The van der Waals surface area contributed by atoms with Gasteiger partial charge >= 0.3 is 6.36 Å². The zero-order valence-corrected chi connectivity index (χ0v) is 11.7. The molecule has 0 radical (unpaired) electrons. The Hall–Kier alpha value is -2.57. The maximum absolute atomic E-state index is 12.0. The van der Waals surface area contributed by atoms with Crippen molar-refractivity contribution in [2.24, 2.45) is 0 Å².